The highest BCUT2D eigenvalue weighted by Gasteiger charge is 2.14. The average Bonchev–Trinajstić information content (AvgIpc) is 3.22. The van der Waals surface area contributed by atoms with Gasteiger partial charge in [0.2, 0.25) is 0 Å². The normalized spacial score (nSPS) is 10.9. The smallest absolute Gasteiger partial charge is 0.174 e. The molecule has 0 amide bonds. The van der Waals surface area contributed by atoms with Crippen LogP contribution in [-0.2, 0) is 0 Å². The van der Waals surface area contributed by atoms with E-state index in [-0.39, 0.29) is 5.82 Å². The molecule has 4 aromatic rings. The molecule has 3 nitrogen and oxygen atoms in total. The van der Waals surface area contributed by atoms with Gasteiger partial charge in [-0.25, -0.2) is 9.37 Å². The van der Waals surface area contributed by atoms with E-state index in [9.17, 15) is 4.39 Å². The highest BCUT2D eigenvalue weighted by molar-refractivity contribution is 5.67. The van der Waals surface area contributed by atoms with E-state index < -0.39 is 0 Å². The fourth-order valence-electron chi connectivity index (χ4n) is 2.72. The summed E-state index contributed by atoms with van der Waals surface area (Å²) in [6, 6.07) is 20.0. The third-order valence-electron chi connectivity index (χ3n) is 3.88. The van der Waals surface area contributed by atoms with Crippen molar-refractivity contribution in [1.82, 2.24) is 9.97 Å². The number of H-pyrrole nitrogens is 1. The van der Waals surface area contributed by atoms with Crippen LogP contribution in [0, 0.1) is 12.7 Å². The Bertz CT molecular complexity index is 986. The zero-order chi connectivity index (χ0) is 16.5. The highest BCUT2D eigenvalue weighted by Crippen LogP contribution is 2.30. The molecule has 2 heterocycles. The largest absolute Gasteiger partial charge is 0.453 e. The van der Waals surface area contributed by atoms with Gasteiger partial charge in [0.15, 0.2) is 11.6 Å². The van der Waals surface area contributed by atoms with Gasteiger partial charge in [-0.05, 0) is 31.2 Å². The van der Waals surface area contributed by atoms with E-state index in [1.54, 1.807) is 6.07 Å². The summed E-state index contributed by atoms with van der Waals surface area (Å²) < 4.78 is 19.2. The minimum Gasteiger partial charge on any atom is -0.453 e. The second-order valence-corrected chi connectivity index (χ2v) is 5.60. The number of nitrogens with one attached hydrogen (secondary N) is 1. The van der Waals surface area contributed by atoms with Gasteiger partial charge in [-0.2, -0.15) is 0 Å². The molecule has 0 aliphatic rings. The topological polar surface area (TPSA) is 41.8 Å². The van der Waals surface area contributed by atoms with Crippen LogP contribution >= 0.6 is 0 Å². The van der Waals surface area contributed by atoms with Gasteiger partial charge in [-0.15, -0.1) is 0 Å². The molecular weight excluding hydrogens is 303 g/mol. The Labute approximate surface area is 138 Å². The first-order valence-electron chi connectivity index (χ1n) is 7.69. The van der Waals surface area contributed by atoms with Crippen molar-refractivity contribution in [3.05, 3.63) is 78.2 Å². The number of nitrogens with zero attached hydrogens (tertiary/aromatic N) is 1. The standard InChI is InChI=1S/C20H15FN2O/c1-13-19(14-6-3-2-4-7-14)23-20(22-13)18-11-10-17(24-18)15-8-5-9-16(21)12-15/h2-12H,1H3,(H,22,23). The Kier molecular flexibility index (Phi) is 3.50. The number of aromatic amines is 1. The Hall–Kier alpha value is -3.14. The van der Waals surface area contributed by atoms with Crippen molar-refractivity contribution in [3.63, 3.8) is 0 Å². The van der Waals surface area contributed by atoms with Crippen molar-refractivity contribution in [2.45, 2.75) is 6.92 Å². The van der Waals surface area contributed by atoms with Crippen LogP contribution in [0.2, 0.25) is 0 Å². The predicted octanol–water partition coefficient (Wildman–Crippen LogP) is 5.45. The molecule has 0 saturated carbocycles. The van der Waals surface area contributed by atoms with Gasteiger partial charge in [-0.3, -0.25) is 0 Å². The number of imidazole rings is 1. The van der Waals surface area contributed by atoms with Crippen LogP contribution in [0.4, 0.5) is 4.39 Å². The van der Waals surface area contributed by atoms with Gasteiger partial charge < -0.3 is 9.40 Å². The van der Waals surface area contributed by atoms with E-state index in [0.29, 0.717) is 22.9 Å². The molecule has 0 spiro atoms. The lowest BCUT2D eigenvalue weighted by Crippen LogP contribution is -1.80. The highest BCUT2D eigenvalue weighted by atomic mass is 19.1. The third-order valence-corrected chi connectivity index (χ3v) is 3.88. The van der Waals surface area contributed by atoms with E-state index in [0.717, 1.165) is 17.0 Å². The molecular formula is C20H15FN2O. The van der Waals surface area contributed by atoms with Crippen molar-refractivity contribution in [1.29, 1.82) is 0 Å². The van der Waals surface area contributed by atoms with Crippen LogP contribution in [0.25, 0.3) is 34.2 Å². The van der Waals surface area contributed by atoms with E-state index >= 15 is 0 Å². The molecule has 0 unspecified atom stereocenters. The fourth-order valence-corrected chi connectivity index (χ4v) is 2.72. The molecule has 4 rings (SSSR count). The van der Waals surface area contributed by atoms with Crippen molar-refractivity contribution in [3.8, 4) is 34.2 Å². The van der Waals surface area contributed by atoms with E-state index in [4.69, 9.17) is 4.42 Å². The van der Waals surface area contributed by atoms with Crippen LogP contribution in [0.15, 0.2) is 71.1 Å². The molecule has 0 atom stereocenters. The molecule has 0 bridgehead atoms. The number of halogens is 1. The second kappa shape index (κ2) is 5.81. The Morgan fingerprint density at radius 3 is 2.42 bits per heavy atom. The summed E-state index contributed by atoms with van der Waals surface area (Å²) in [5, 5.41) is 0. The molecule has 4 heteroatoms. The lowest BCUT2D eigenvalue weighted by Gasteiger charge is -1.97. The summed E-state index contributed by atoms with van der Waals surface area (Å²) >= 11 is 0. The predicted molar refractivity (Wildman–Crippen MR) is 91.9 cm³/mol. The Morgan fingerprint density at radius 1 is 0.875 bits per heavy atom. The first kappa shape index (κ1) is 14.5. The molecule has 0 aliphatic carbocycles. The van der Waals surface area contributed by atoms with Gasteiger partial charge in [0.25, 0.3) is 0 Å². The lowest BCUT2D eigenvalue weighted by atomic mass is 10.1. The van der Waals surface area contributed by atoms with Crippen molar-refractivity contribution in [2.24, 2.45) is 0 Å². The average molecular weight is 318 g/mol. The summed E-state index contributed by atoms with van der Waals surface area (Å²) in [4.78, 5) is 7.91. The number of furan rings is 1. The molecule has 118 valence electrons. The molecule has 24 heavy (non-hydrogen) atoms. The van der Waals surface area contributed by atoms with Gasteiger partial charge >= 0.3 is 0 Å². The summed E-state index contributed by atoms with van der Waals surface area (Å²) in [7, 11) is 0. The first-order valence-corrected chi connectivity index (χ1v) is 7.69. The monoisotopic (exact) mass is 318 g/mol. The molecule has 2 aromatic carbocycles. The SMILES string of the molecule is Cc1[nH]c(-c2ccc(-c3cccc(F)c3)o2)nc1-c1ccccc1. The quantitative estimate of drug-likeness (QED) is 0.545. The summed E-state index contributed by atoms with van der Waals surface area (Å²) in [6.45, 7) is 1.98. The summed E-state index contributed by atoms with van der Waals surface area (Å²) in [5.41, 5.74) is 3.62. The summed E-state index contributed by atoms with van der Waals surface area (Å²) in [6.07, 6.45) is 0. The number of aromatic nitrogens is 2. The lowest BCUT2D eigenvalue weighted by molar-refractivity contribution is 0.590. The van der Waals surface area contributed by atoms with Crippen LogP contribution in [0.1, 0.15) is 5.69 Å². The van der Waals surface area contributed by atoms with Gasteiger partial charge in [-0.1, -0.05) is 42.5 Å². The van der Waals surface area contributed by atoms with Crippen molar-refractivity contribution < 1.29 is 8.81 Å². The zero-order valence-electron chi connectivity index (χ0n) is 13.1. The molecule has 1 N–H and O–H groups in total. The van der Waals surface area contributed by atoms with Crippen LogP contribution < -0.4 is 0 Å². The van der Waals surface area contributed by atoms with Crippen LogP contribution in [0.3, 0.4) is 0 Å². The Morgan fingerprint density at radius 2 is 1.62 bits per heavy atom. The molecule has 0 saturated heterocycles. The fraction of sp³-hybridized carbons (Fsp3) is 0.0500. The van der Waals surface area contributed by atoms with Crippen LogP contribution in [0.5, 0.6) is 0 Å². The summed E-state index contributed by atoms with van der Waals surface area (Å²) in [5.74, 6) is 1.61. The van der Waals surface area contributed by atoms with E-state index in [2.05, 4.69) is 9.97 Å². The minimum atomic E-state index is -0.286. The molecule has 0 radical (unpaired) electrons. The van der Waals surface area contributed by atoms with Gasteiger partial charge in [0.1, 0.15) is 11.6 Å². The van der Waals surface area contributed by atoms with Crippen LogP contribution in [-0.4, -0.2) is 9.97 Å². The second-order valence-electron chi connectivity index (χ2n) is 5.60. The number of benzene rings is 2. The number of aryl methyl sites for hydroxylation is 1. The number of hydrogen-bond acceptors (Lipinski definition) is 2. The molecule has 0 fully saturated rings. The maximum atomic E-state index is 13.4. The minimum absolute atomic E-state index is 0.286. The van der Waals surface area contributed by atoms with Crippen molar-refractivity contribution in [2.75, 3.05) is 0 Å². The molecule has 0 aliphatic heterocycles. The Balaban J connectivity index is 1.71. The third kappa shape index (κ3) is 2.63. The van der Waals surface area contributed by atoms with E-state index in [1.165, 1.54) is 12.1 Å². The maximum Gasteiger partial charge on any atom is 0.174 e. The molecule has 2 aromatic heterocycles. The zero-order valence-corrected chi connectivity index (χ0v) is 13.1. The van der Waals surface area contributed by atoms with E-state index in [1.807, 2.05) is 55.5 Å². The first-order chi connectivity index (χ1) is 11.7. The van der Waals surface area contributed by atoms with Crippen molar-refractivity contribution >= 4 is 0 Å². The van der Waals surface area contributed by atoms with Gasteiger partial charge in [0.05, 0.1) is 5.69 Å². The van der Waals surface area contributed by atoms with Gasteiger partial charge in [0, 0.05) is 16.8 Å². The maximum absolute atomic E-state index is 13.4. The number of hydrogen-bond donors (Lipinski definition) is 1. The number of rotatable bonds is 3.